The summed E-state index contributed by atoms with van der Waals surface area (Å²) in [6, 6.07) is 13.0. The van der Waals surface area contributed by atoms with Crippen LogP contribution in [0, 0.1) is 5.92 Å². The molecule has 3 N–H and O–H groups in total. The number of nitrogens with zero attached hydrogens (tertiary/aromatic N) is 4. The number of hydrogen-bond acceptors (Lipinski definition) is 6. The minimum absolute atomic E-state index is 0.0263. The van der Waals surface area contributed by atoms with Crippen molar-refractivity contribution in [1.29, 1.82) is 0 Å². The molecule has 3 aromatic rings. The first kappa shape index (κ1) is 24.6. The van der Waals surface area contributed by atoms with E-state index in [4.69, 9.17) is 0 Å². The fourth-order valence-electron chi connectivity index (χ4n) is 3.19. The average molecular weight is 464 g/mol. The Balaban J connectivity index is 1.59. The summed E-state index contributed by atoms with van der Waals surface area (Å²) in [4.78, 5) is 37.9. The van der Waals surface area contributed by atoms with Crippen LogP contribution in [0.2, 0.25) is 0 Å². The van der Waals surface area contributed by atoms with Crippen LogP contribution in [0.4, 0.5) is 0 Å². The summed E-state index contributed by atoms with van der Waals surface area (Å²) in [5, 5.41) is 13.7. The topological polar surface area (TPSA) is 131 Å². The van der Waals surface area contributed by atoms with Crippen LogP contribution in [0.15, 0.2) is 54.9 Å². The number of benzene rings is 2. The van der Waals surface area contributed by atoms with Crippen molar-refractivity contribution in [2.24, 2.45) is 5.92 Å². The monoisotopic (exact) mass is 463 g/mol. The highest BCUT2D eigenvalue weighted by molar-refractivity contribution is 5.99. The molecule has 34 heavy (non-hydrogen) atoms. The Morgan fingerprint density at radius 1 is 0.853 bits per heavy atom. The molecule has 0 fully saturated rings. The van der Waals surface area contributed by atoms with Gasteiger partial charge in [0.1, 0.15) is 12.4 Å². The highest BCUT2D eigenvalue weighted by Gasteiger charge is 2.25. The molecule has 0 aliphatic heterocycles. The van der Waals surface area contributed by atoms with Crippen molar-refractivity contribution in [1.82, 2.24) is 36.4 Å². The third kappa shape index (κ3) is 6.03. The number of tetrazole rings is 1. The van der Waals surface area contributed by atoms with Crippen LogP contribution in [-0.4, -0.2) is 44.0 Å². The van der Waals surface area contributed by atoms with E-state index < -0.39 is 17.9 Å². The zero-order valence-electron chi connectivity index (χ0n) is 19.9. The highest BCUT2D eigenvalue weighted by Crippen LogP contribution is 2.22. The van der Waals surface area contributed by atoms with E-state index in [2.05, 4.69) is 52.5 Å². The van der Waals surface area contributed by atoms with Crippen molar-refractivity contribution >= 4 is 17.7 Å². The summed E-state index contributed by atoms with van der Waals surface area (Å²) in [5.41, 5.74) is 7.34. The first-order chi connectivity index (χ1) is 16.1. The van der Waals surface area contributed by atoms with E-state index in [-0.39, 0.29) is 17.2 Å². The van der Waals surface area contributed by atoms with Gasteiger partial charge in [-0.05, 0) is 63.7 Å². The summed E-state index contributed by atoms with van der Waals surface area (Å²) in [5.74, 6) is -1.58. The number of nitrogens with one attached hydrogen (secondary N) is 3. The summed E-state index contributed by atoms with van der Waals surface area (Å²) in [7, 11) is 0. The fourth-order valence-corrected chi connectivity index (χ4v) is 3.19. The lowest BCUT2D eigenvalue weighted by molar-refractivity contribution is -0.124. The van der Waals surface area contributed by atoms with Crippen LogP contribution in [0.25, 0.3) is 5.69 Å². The lowest BCUT2D eigenvalue weighted by atomic mass is 9.86. The van der Waals surface area contributed by atoms with Crippen LogP contribution in [0.3, 0.4) is 0 Å². The molecule has 0 radical (unpaired) electrons. The van der Waals surface area contributed by atoms with Gasteiger partial charge in [-0.3, -0.25) is 25.2 Å². The van der Waals surface area contributed by atoms with Crippen LogP contribution < -0.4 is 16.2 Å². The smallest absolute Gasteiger partial charge is 0.269 e. The Labute approximate surface area is 198 Å². The maximum atomic E-state index is 12.7. The zero-order valence-corrected chi connectivity index (χ0v) is 19.9. The Morgan fingerprint density at radius 3 is 1.97 bits per heavy atom. The molecular formula is C24H29N7O3. The van der Waals surface area contributed by atoms with Gasteiger partial charge in [-0.15, -0.1) is 5.10 Å². The average Bonchev–Trinajstić information content (AvgIpc) is 3.35. The molecular weight excluding hydrogens is 434 g/mol. The summed E-state index contributed by atoms with van der Waals surface area (Å²) < 4.78 is 1.45. The number of carbonyl (C=O) groups excluding carboxylic acids is 3. The van der Waals surface area contributed by atoms with Gasteiger partial charge in [-0.25, -0.2) is 4.68 Å². The van der Waals surface area contributed by atoms with Crippen LogP contribution in [0.1, 0.15) is 60.9 Å². The molecule has 0 bridgehead atoms. The summed E-state index contributed by atoms with van der Waals surface area (Å²) in [6.07, 6.45) is 1.44. The Morgan fingerprint density at radius 2 is 1.44 bits per heavy atom. The number of carbonyl (C=O) groups is 3. The van der Waals surface area contributed by atoms with Crippen molar-refractivity contribution in [3.63, 3.8) is 0 Å². The van der Waals surface area contributed by atoms with Crippen LogP contribution >= 0.6 is 0 Å². The molecule has 3 amide bonds. The van der Waals surface area contributed by atoms with Crippen LogP contribution in [0.5, 0.6) is 0 Å². The number of hydrogen-bond donors (Lipinski definition) is 3. The van der Waals surface area contributed by atoms with E-state index >= 15 is 0 Å². The number of aromatic nitrogens is 4. The highest BCUT2D eigenvalue weighted by atomic mass is 16.2. The van der Waals surface area contributed by atoms with E-state index in [0.717, 1.165) is 5.56 Å². The standard InChI is InChI=1S/C24H29N7O3/c1-15(2)20(26-21(32)16-6-10-18(11-7-16)24(3,4)5)23(34)28-27-22(33)17-8-12-19(13-9-17)31-14-25-29-30-31/h6-15,20H,1-5H3,(H,26,32)(H,27,33)(H,28,34)/t20-/m0/s1. The second-order valence-electron chi connectivity index (χ2n) is 9.27. The molecule has 3 rings (SSSR count). The maximum absolute atomic E-state index is 12.7. The molecule has 0 spiro atoms. The predicted octanol–water partition coefficient (Wildman–Crippen LogP) is 2.18. The van der Waals surface area contributed by atoms with Gasteiger partial charge in [-0.2, -0.15) is 0 Å². The molecule has 0 saturated heterocycles. The normalized spacial score (nSPS) is 12.2. The molecule has 2 aromatic carbocycles. The van der Waals surface area contributed by atoms with Gasteiger partial charge < -0.3 is 5.32 Å². The minimum atomic E-state index is -0.836. The molecule has 0 saturated carbocycles. The van der Waals surface area contributed by atoms with Crippen molar-refractivity contribution in [3.8, 4) is 5.69 Å². The van der Waals surface area contributed by atoms with Crippen molar-refractivity contribution < 1.29 is 14.4 Å². The van der Waals surface area contributed by atoms with Gasteiger partial charge in [0.15, 0.2) is 0 Å². The molecule has 10 heteroatoms. The van der Waals surface area contributed by atoms with E-state index in [1.807, 2.05) is 26.0 Å². The number of amides is 3. The maximum Gasteiger partial charge on any atom is 0.269 e. The number of rotatable bonds is 6. The molecule has 178 valence electrons. The quantitative estimate of drug-likeness (QED) is 0.480. The van der Waals surface area contributed by atoms with Crippen molar-refractivity contribution in [2.45, 2.75) is 46.1 Å². The van der Waals surface area contributed by atoms with E-state index in [0.29, 0.717) is 16.8 Å². The van der Waals surface area contributed by atoms with Crippen molar-refractivity contribution in [2.75, 3.05) is 0 Å². The Kier molecular flexibility index (Phi) is 7.40. The molecule has 1 atom stereocenters. The predicted molar refractivity (Wildman–Crippen MR) is 126 cm³/mol. The summed E-state index contributed by atoms with van der Waals surface area (Å²) in [6.45, 7) is 9.91. The molecule has 10 nitrogen and oxygen atoms in total. The zero-order chi connectivity index (χ0) is 24.9. The second kappa shape index (κ2) is 10.2. The first-order valence-corrected chi connectivity index (χ1v) is 10.9. The largest absolute Gasteiger partial charge is 0.340 e. The van der Waals surface area contributed by atoms with E-state index in [1.54, 1.807) is 36.4 Å². The minimum Gasteiger partial charge on any atom is -0.340 e. The summed E-state index contributed by atoms with van der Waals surface area (Å²) >= 11 is 0. The first-order valence-electron chi connectivity index (χ1n) is 10.9. The lowest BCUT2D eigenvalue weighted by Gasteiger charge is -2.22. The van der Waals surface area contributed by atoms with Gasteiger partial charge in [0.2, 0.25) is 0 Å². The van der Waals surface area contributed by atoms with Gasteiger partial charge in [-0.1, -0.05) is 46.8 Å². The third-order valence-corrected chi connectivity index (χ3v) is 5.29. The SMILES string of the molecule is CC(C)[C@H](NC(=O)c1ccc(C(C)(C)C)cc1)C(=O)NNC(=O)c1ccc(-n2cnnn2)cc1. The molecule has 0 unspecified atom stereocenters. The Bertz CT molecular complexity index is 1130. The molecule has 1 aromatic heterocycles. The second-order valence-corrected chi connectivity index (χ2v) is 9.27. The molecule has 0 aliphatic rings. The van der Waals surface area contributed by atoms with Gasteiger partial charge in [0.05, 0.1) is 5.69 Å². The third-order valence-electron chi connectivity index (χ3n) is 5.29. The van der Waals surface area contributed by atoms with Gasteiger partial charge in [0, 0.05) is 11.1 Å². The van der Waals surface area contributed by atoms with Gasteiger partial charge in [0.25, 0.3) is 17.7 Å². The molecule has 1 heterocycles. The van der Waals surface area contributed by atoms with Gasteiger partial charge >= 0.3 is 0 Å². The fraction of sp³-hybridized carbons (Fsp3) is 0.333. The lowest BCUT2D eigenvalue weighted by Crippen LogP contribution is -2.54. The van der Waals surface area contributed by atoms with E-state index in [1.165, 1.54) is 11.0 Å². The molecule has 0 aliphatic carbocycles. The van der Waals surface area contributed by atoms with Crippen LogP contribution in [-0.2, 0) is 10.2 Å². The Hall–Kier alpha value is -4.08. The number of hydrazine groups is 1. The van der Waals surface area contributed by atoms with E-state index in [9.17, 15) is 14.4 Å². The van der Waals surface area contributed by atoms with Crippen molar-refractivity contribution in [3.05, 3.63) is 71.5 Å².